The predicted octanol–water partition coefficient (Wildman–Crippen LogP) is 7.16. The number of hydrogen-bond donors (Lipinski definition) is 0. The monoisotopic (exact) mass is 361 g/mol. The summed E-state index contributed by atoms with van der Waals surface area (Å²) in [5.74, 6) is 1.68. The van der Waals surface area contributed by atoms with E-state index in [0.717, 1.165) is 44.3 Å². The van der Waals surface area contributed by atoms with E-state index in [1.165, 1.54) is 5.56 Å². The van der Waals surface area contributed by atoms with E-state index in [-0.39, 0.29) is 0 Å². The highest BCUT2D eigenvalue weighted by atomic mass is 16.5. The Labute approximate surface area is 164 Å². The van der Waals surface area contributed by atoms with Crippen LogP contribution in [0.3, 0.4) is 0 Å². The molecule has 0 unspecified atom stereocenters. The van der Waals surface area contributed by atoms with Crippen LogP contribution in [0, 0.1) is 6.92 Å². The van der Waals surface area contributed by atoms with Gasteiger partial charge in [-0.15, -0.1) is 0 Å². The van der Waals surface area contributed by atoms with Crippen molar-refractivity contribution in [2.45, 2.75) is 6.92 Å². The third-order valence-electron chi connectivity index (χ3n) is 5.03. The molecular formula is C26H19NO. The predicted molar refractivity (Wildman–Crippen MR) is 116 cm³/mol. The van der Waals surface area contributed by atoms with Gasteiger partial charge in [0.05, 0.1) is 5.52 Å². The third kappa shape index (κ3) is 2.80. The third-order valence-corrected chi connectivity index (χ3v) is 5.03. The number of aryl methyl sites for hydroxylation is 1. The number of fused-ring (bicyclic) bond motifs is 2. The summed E-state index contributed by atoms with van der Waals surface area (Å²) in [4.78, 5) is 4.74. The van der Waals surface area contributed by atoms with Crippen LogP contribution >= 0.6 is 0 Å². The summed E-state index contributed by atoms with van der Waals surface area (Å²) in [6, 6.07) is 31.0. The number of pyridine rings is 1. The van der Waals surface area contributed by atoms with Crippen LogP contribution in [0.15, 0.2) is 97.2 Å². The van der Waals surface area contributed by atoms with Gasteiger partial charge in [-0.25, -0.2) is 0 Å². The normalized spacial score (nSPS) is 11.0. The molecule has 0 spiro atoms. The van der Waals surface area contributed by atoms with Crippen molar-refractivity contribution < 1.29 is 4.74 Å². The highest BCUT2D eigenvalue weighted by Gasteiger charge is 2.17. The van der Waals surface area contributed by atoms with Crippen molar-refractivity contribution in [3.05, 3.63) is 103 Å². The molecule has 5 rings (SSSR count). The number of benzene rings is 4. The van der Waals surface area contributed by atoms with Crippen molar-refractivity contribution >= 4 is 21.7 Å². The fourth-order valence-corrected chi connectivity index (χ4v) is 3.69. The summed E-state index contributed by atoms with van der Waals surface area (Å²) < 4.78 is 6.41. The van der Waals surface area contributed by atoms with Gasteiger partial charge in [0.2, 0.25) is 0 Å². The highest BCUT2D eigenvalue weighted by Crippen LogP contribution is 2.43. The van der Waals surface area contributed by atoms with Crippen molar-refractivity contribution in [1.29, 1.82) is 0 Å². The smallest absolute Gasteiger partial charge is 0.144 e. The van der Waals surface area contributed by atoms with E-state index < -0.39 is 0 Å². The van der Waals surface area contributed by atoms with Crippen LogP contribution < -0.4 is 4.74 Å². The molecule has 0 amide bonds. The molecule has 0 N–H and O–H groups in total. The summed E-state index contributed by atoms with van der Waals surface area (Å²) in [7, 11) is 0. The van der Waals surface area contributed by atoms with Crippen LogP contribution in [-0.2, 0) is 0 Å². The van der Waals surface area contributed by atoms with Crippen molar-refractivity contribution in [2.24, 2.45) is 0 Å². The maximum absolute atomic E-state index is 6.41. The van der Waals surface area contributed by atoms with Crippen LogP contribution in [-0.4, -0.2) is 4.98 Å². The van der Waals surface area contributed by atoms with E-state index >= 15 is 0 Å². The second-order valence-electron chi connectivity index (χ2n) is 6.93. The molecule has 0 aliphatic heterocycles. The average molecular weight is 361 g/mol. The zero-order valence-electron chi connectivity index (χ0n) is 15.6. The summed E-state index contributed by atoms with van der Waals surface area (Å²) in [5, 5.41) is 3.24. The maximum atomic E-state index is 6.41. The van der Waals surface area contributed by atoms with Crippen molar-refractivity contribution in [3.63, 3.8) is 0 Å². The Kier molecular flexibility index (Phi) is 4.02. The zero-order chi connectivity index (χ0) is 18.9. The van der Waals surface area contributed by atoms with Gasteiger partial charge in [0.25, 0.3) is 0 Å². The van der Waals surface area contributed by atoms with Gasteiger partial charge in [0.15, 0.2) is 0 Å². The van der Waals surface area contributed by atoms with Crippen LogP contribution in [0.1, 0.15) is 5.56 Å². The molecule has 5 aromatic rings. The van der Waals surface area contributed by atoms with Crippen molar-refractivity contribution in [2.75, 3.05) is 0 Å². The Bertz CT molecular complexity index is 1220. The minimum absolute atomic E-state index is 0.827. The minimum atomic E-state index is 0.827. The topological polar surface area (TPSA) is 22.1 Å². The van der Waals surface area contributed by atoms with Crippen LogP contribution in [0.5, 0.6) is 11.5 Å². The van der Waals surface area contributed by atoms with Crippen LogP contribution in [0.4, 0.5) is 0 Å². The first kappa shape index (κ1) is 16.5. The van der Waals surface area contributed by atoms with Gasteiger partial charge >= 0.3 is 0 Å². The Morgan fingerprint density at radius 1 is 0.643 bits per heavy atom. The number of hydrogen-bond acceptors (Lipinski definition) is 2. The maximum Gasteiger partial charge on any atom is 0.144 e. The van der Waals surface area contributed by atoms with E-state index in [9.17, 15) is 0 Å². The largest absolute Gasteiger partial charge is 0.456 e. The molecule has 0 radical (unpaired) electrons. The van der Waals surface area contributed by atoms with Gasteiger partial charge in [-0.2, -0.15) is 0 Å². The Hall–Kier alpha value is -3.65. The van der Waals surface area contributed by atoms with E-state index in [1.807, 2.05) is 30.5 Å². The Balaban J connectivity index is 1.85. The number of nitrogens with zero attached hydrogens (tertiary/aromatic N) is 1. The van der Waals surface area contributed by atoms with Gasteiger partial charge in [-0.05, 0) is 42.1 Å². The Morgan fingerprint density at radius 3 is 2.11 bits per heavy atom. The molecule has 0 aliphatic rings. The second kappa shape index (κ2) is 6.82. The molecular weight excluding hydrogens is 342 g/mol. The van der Waals surface area contributed by atoms with E-state index in [2.05, 4.69) is 73.7 Å². The van der Waals surface area contributed by atoms with Crippen molar-refractivity contribution in [3.8, 4) is 22.6 Å². The van der Waals surface area contributed by atoms with Crippen LogP contribution in [0.25, 0.3) is 32.8 Å². The molecule has 134 valence electrons. The lowest BCUT2D eigenvalue weighted by molar-refractivity contribution is 0.493. The molecule has 2 nitrogen and oxygen atoms in total. The first-order valence-corrected chi connectivity index (χ1v) is 9.40. The van der Waals surface area contributed by atoms with Gasteiger partial charge in [0.1, 0.15) is 11.5 Å². The number of rotatable bonds is 3. The van der Waals surface area contributed by atoms with E-state index in [4.69, 9.17) is 9.72 Å². The standard InChI is InChI=1S/C26H19NO/c1-18-13-15-20(16-14-18)28-26-22-11-6-5-10-21(22)24(19-8-3-2-4-9-19)25-23(26)12-7-17-27-25/h2-17H,1H3. The van der Waals surface area contributed by atoms with Gasteiger partial charge < -0.3 is 4.74 Å². The number of aromatic nitrogens is 1. The molecule has 1 aromatic heterocycles. The van der Waals surface area contributed by atoms with Crippen molar-refractivity contribution in [1.82, 2.24) is 4.98 Å². The summed E-state index contributed by atoms with van der Waals surface area (Å²) in [5.41, 5.74) is 4.46. The quantitative estimate of drug-likeness (QED) is 0.318. The second-order valence-corrected chi connectivity index (χ2v) is 6.93. The fourth-order valence-electron chi connectivity index (χ4n) is 3.69. The first-order valence-electron chi connectivity index (χ1n) is 9.40. The molecule has 28 heavy (non-hydrogen) atoms. The van der Waals surface area contributed by atoms with Gasteiger partial charge in [0, 0.05) is 22.5 Å². The molecule has 0 saturated heterocycles. The summed E-state index contributed by atoms with van der Waals surface area (Å²) >= 11 is 0. The summed E-state index contributed by atoms with van der Waals surface area (Å²) in [6.07, 6.45) is 1.85. The molecule has 0 aliphatic carbocycles. The molecule has 0 bridgehead atoms. The number of ether oxygens (including phenoxy) is 1. The average Bonchev–Trinajstić information content (AvgIpc) is 2.76. The van der Waals surface area contributed by atoms with E-state index in [0.29, 0.717) is 0 Å². The zero-order valence-corrected chi connectivity index (χ0v) is 15.6. The molecule has 1 heterocycles. The molecule has 4 aromatic carbocycles. The van der Waals surface area contributed by atoms with Gasteiger partial charge in [-0.1, -0.05) is 72.3 Å². The summed E-state index contributed by atoms with van der Waals surface area (Å²) in [6.45, 7) is 2.08. The fraction of sp³-hybridized carbons (Fsp3) is 0.0385. The minimum Gasteiger partial charge on any atom is -0.456 e. The lowest BCUT2D eigenvalue weighted by Crippen LogP contribution is -1.93. The first-order chi connectivity index (χ1) is 13.8. The lowest BCUT2D eigenvalue weighted by atomic mass is 9.94. The lowest BCUT2D eigenvalue weighted by Gasteiger charge is -2.17. The molecule has 0 fully saturated rings. The molecule has 0 saturated carbocycles. The Morgan fingerprint density at radius 2 is 1.32 bits per heavy atom. The van der Waals surface area contributed by atoms with E-state index in [1.54, 1.807) is 0 Å². The molecule has 2 heteroatoms. The SMILES string of the molecule is Cc1ccc(Oc2c3ccccc3c(-c3ccccc3)c3ncccc23)cc1. The highest BCUT2D eigenvalue weighted by molar-refractivity contribution is 6.15. The molecule has 0 atom stereocenters. The van der Waals surface area contributed by atoms with Crippen LogP contribution in [0.2, 0.25) is 0 Å². The van der Waals surface area contributed by atoms with Gasteiger partial charge in [-0.3, -0.25) is 4.98 Å².